The first-order valence-corrected chi connectivity index (χ1v) is 12.0. The number of aliphatic imine (C=N–C) groups is 1. The fraction of sp³-hybridized carbons (Fsp3) is 0.435. The molecule has 0 heterocycles. The first-order valence-electron chi connectivity index (χ1n) is 10.4. The summed E-state index contributed by atoms with van der Waals surface area (Å²) in [4.78, 5) is 4.26. The van der Waals surface area contributed by atoms with Gasteiger partial charge >= 0.3 is 0 Å². The summed E-state index contributed by atoms with van der Waals surface area (Å²) in [5, 5.41) is 6.57. The highest BCUT2D eigenvalue weighted by molar-refractivity contribution is 14.0. The minimum Gasteiger partial charge on any atom is -0.496 e. The molecule has 0 spiro atoms. The average molecular weight is 575 g/mol. The zero-order chi connectivity index (χ0) is 22.9. The molecule has 0 fully saturated rings. The number of rotatable bonds is 10. The van der Waals surface area contributed by atoms with Crippen molar-refractivity contribution in [2.24, 2.45) is 4.99 Å². The maximum atomic E-state index is 12.3. The minimum absolute atomic E-state index is 0. The van der Waals surface area contributed by atoms with Gasteiger partial charge in [0.05, 0.1) is 12.9 Å². The second-order valence-electron chi connectivity index (χ2n) is 7.71. The van der Waals surface area contributed by atoms with E-state index < -0.39 is 10.0 Å². The average Bonchev–Trinajstić information content (AvgIpc) is 2.71. The van der Waals surface area contributed by atoms with Crippen molar-refractivity contribution in [3.8, 4) is 5.75 Å². The molecule has 9 heteroatoms. The Bertz CT molecular complexity index is 994. The Hall–Kier alpha value is -1.85. The van der Waals surface area contributed by atoms with E-state index in [2.05, 4.69) is 38.5 Å². The first kappa shape index (κ1) is 28.2. The normalized spacial score (nSPS) is 11.8. The van der Waals surface area contributed by atoms with Crippen LogP contribution in [-0.2, 0) is 28.7 Å². The van der Waals surface area contributed by atoms with E-state index in [0.29, 0.717) is 19.0 Å². The second-order valence-corrected chi connectivity index (χ2v) is 9.46. The van der Waals surface area contributed by atoms with Crippen molar-refractivity contribution in [2.45, 2.75) is 45.5 Å². The van der Waals surface area contributed by atoms with Crippen LogP contribution in [0.25, 0.3) is 0 Å². The lowest BCUT2D eigenvalue weighted by Crippen LogP contribution is -2.38. The van der Waals surface area contributed by atoms with Crippen molar-refractivity contribution >= 4 is 40.0 Å². The number of hydrogen-bond acceptors (Lipinski definition) is 4. The second kappa shape index (κ2) is 13.6. The molecule has 0 aliphatic rings. The summed E-state index contributed by atoms with van der Waals surface area (Å²) in [5.41, 5.74) is 3.98. The Kier molecular flexibility index (Phi) is 12.0. The molecule has 0 aliphatic heterocycles. The van der Waals surface area contributed by atoms with E-state index in [9.17, 15) is 8.42 Å². The number of nitrogens with zero attached hydrogens (tertiary/aromatic N) is 1. The van der Waals surface area contributed by atoms with E-state index in [1.807, 2.05) is 45.0 Å². The van der Waals surface area contributed by atoms with Crippen LogP contribution in [0.15, 0.2) is 47.5 Å². The van der Waals surface area contributed by atoms with Gasteiger partial charge in [-0.1, -0.05) is 36.4 Å². The predicted molar refractivity (Wildman–Crippen MR) is 142 cm³/mol. The van der Waals surface area contributed by atoms with Crippen molar-refractivity contribution in [3.63, 3.8) is 0 Å². The van der Waals surface area contributed by atoms with Crippen LogP contribution in [0, 0.1) is 6.92 Å². The molecule has 2 aromatic rings. The molecule has 0 amide bonds. The van der Waals surface area contributed by atoms with Crippen LogP contribution in [0.2, 0.25) is 0 Å². The highest BCUT2D eigenvalue weighted by atomic mass is 127. The molecule has 0 unspecified atom stereocenters. The van der Waals surface area contributed by atoms with Gasteiger partial charge in [-0.2, -0.15) is 0 Å². The highest BCUT2D eigenvalue weighted by Crippen LogP contribution is 2.19. The third kappa shape index (κ3) is 9.33. The molecule has 32 heavy (non-hydrogen) atoms. The van der Waals surface area contributed by atoms with Crippen LogP contribution in [0.1, 0.15) is 36.1 Å². The molecular formula is C23H35IN4O3S. The number of benzene rings is 2. The molecule has 3 N–H and O–H groups in total. The van der Waals surface area contributed by atoms with Crippen LogP contribution < -0.4 is 20.1 Å². The van der Waals surface area contributed by atoms with Crippen LogP contribution in [0.4, 0.5) is 0 Å². The molecule has 0 aromatic heterocycles. The third-order valence-corrected chi connectivity index (χ3v) is 6.25. The van der Waals surface area contributed by atoms with Crippen molar-refractivity contribution in [1.29, 1.82) is 0 Å². The molecule has 2 rings (SSSR count). The van der Waals surface area contributed by atoms with Gasteiger partial charge in [0, 0.05) is 26.2 Å². The Morgan fingerprint density at radius 1 is 1.09 bits per heavy atom. The molecule has 0 bridgehead atoms. The summed E-state index contributed by atoms with van der Waals surface area (Å²) in [7, 11) is 0.00600. The highest BCUT2D eigenvalue weighted by Gasteiger charge is 2.15. The summed E-state index contributed by atoms with van der Waals surface area (Å²) >= 11 is 0. The van der Waals surface area contributed by atoms with E-state index >= 15 is 0 Å². The van der Waals surface area contributed by atoms with Crippen molar-refractivity contribution in [1.82, 2.24) is 15.4 Å². The zero-order valence-corrected chi connectivity index (χ0v) is 22.6. The number of guanidine groups is 1. The van der Waals surface area contributed by atoms with Gasteiger partial charge < -0.3 is 15.4 Å². The summed E-state index contributed by atoms with van der Waals surface area (Å²) < 4.78 is 32.7. The monoisotopic (exact) mass is 574 g/mol. The number of nitrogens with one attached hydrogen (secondary N) is 3. The van der Waals surface area contributed by atoms with Crippen molar-refractivity contribution in [3.05, 3.63) is 64.7 Å². The van der Waals surface area contributed by atoms with Gasteiger partial charge in [-0.25, -0.2) is 13.1 Å². The molecule has 178 valence electrons. The molecule has 7 nitrogen and oxygen atoms in total. The van der Waals surface area contributed by atoms with Gasteiger partial charge in [0.1, 0.15) is 5.75 Å². The maximum Gasteiger partial charge on any atom is 0.216 e. The van der Waals surface area contributed by atoms with Crippen LogP contribution in [0.5, 0.6) is 5.75 Å². The standard InChI is InChI=1S/C23H34N4O3S.HI/c1-17(2)27-31(28,29)16-21-9-7-6-8-20(21)15-26-23(24-4)25-13-12-19-11-10-18(3)22(14-19)30-5;/h6-11,14,17,27H,12-13,15-16H2,1-5H3,(H2,24,25,26);1H. The number of aryl methyl sites for hydroxylation is 1. The first-order chi connectivity index (χ1) is 14.7. The summed E-state index contributed by atoms with van der Waals surface area (Å²) in [6.45, 7) is 6.83. The maximum absolute atomic E-state index is 12.3. The van der Waals surface area contributed by atoms with Gasteiger partial charge in [-0.3, -0.25) is 4.99 Å². The quantitative estimate of drug-likeness (QED) is 0.230. The number of ether oxygens (including phenoxy) is 1. The zero-order valence-electron chi connectivity index (χ0n) is 19.4. The minimum atomic E-state index is -3.39. The van der Waals surface area contributed by atoms with E-state index in [-0.39, 0.29) is 35.8 Å². The number of hydrogen-bond donors (Lipinski definition) is 3. The Morgan fingerprint density at radius 3 is 2.41 bits per heavy atom. The molecule has 2 aromatic carbocycles. The van der Waals surface area contributed by atoms with E-state index in [1.165, 1.54) is 5.56 Å². The topological polar surface area (TPSA) is 91.8 Å². The fourth-order valence-electron chi connectivity index (χ4n) is 3.22. The van der Waals surface area contributed by atoms with Crippen LogP contribution in [0.3, 0.4) is 0 Å². The van der Waals surface area contributed by atoms with Crippen LogP contribution in [-0.4, -0.2) is 41.1 Å². The number of halogens is 1. The van der Waals surface area contributed by atoms with Crippen molar-refractivity contribution < 1.29 is 13.2 Å². The number of methoxy groups -OCH3 is 1. The van der Waals surface area contributed by atoms with E-state index in [0.717, 1.165) is 28.9 Å². The van der Waals surface area contributed by atoms with Gasteiger partial charge in [-0.05, 0) is 55.5 Å². The molecule has 0 aliphatic carbocycles. The molecule has 0 radical (unpaired) electrons. The van der Waals surface area contributed by atoms with Gasteiger partial charge in [0.15, 0.2) is 5.96 Å². The van der Waals surface area contributed by atoms with Gasteiger partial charge in [0.25, 0.3) is 0 Å². The van der Waals surface area contributed by atoms with Crippen molar-refractivity contribution in [2.75, 3.05) is 20.7 Å². The number of sulfonamides is 1. The van der Waals surface area contributed by atoms with E-state index in [4.69, 9.17) is 4.74 Å². The fourth-order valence-corrected chi connectivity index (χ4v) is 4.71. The van der Waals surface area contributed by atoms with Crippen LogP contribution >= 0.6 is 24.0 Å². The molecule has 0 saturated heterocycles. The SMILES string of the molecule is CN=C(NCCc1ccc(C)c(OC)c1)NCc1ccccc1CS(=O)(=O)NC(C)C.I. The Morgan fingerprint density at radius 2 is 1.78 bits per heavy atom. The molecule has 0 saturated carbocycles. The third-order valence-electron chi connectivity index (χ3n) is 4.73. The Labute approximate surface area is 209 Å². The largest absolute Gasteiger partial charge is 0.496 e. The van der Waals surface area contributed by atoms with Gasteiger partial charge in [-0.15, -0.1) is 24.0 Å². The van der Waals surface area contributed by atoms with Gasteiger partial charge in [0.2, 0.25) is 10.0 Å². The lowest BCUT2D eigenvalue weighted by molar-refractivity contribution is 0.411. The lowest BCUT2D eigenvalue weighted by atomic mass is 10.1. The summed E-state index contributed by atoms with van der Waals surface area (Å²) in [6.07, 6.45) is 0.826. The summed E-state index contributed by atoms with van der Waals surface area (Å²) in [5.74, 6) is 1.50. The Balaban J connectivity index is 0.00000512. The lowest BCUT2D eigenvalue weighted by Gasteiger charge is -2.15. The summed E-state index contributed by atoms with van der Waals surface area (Å²) in [6, 6.07) is 13.6. The smallest absolute Gasteiger partial charge is 0.216 e. The predicted octanol–water partition coefficient (Wildman–Crippen LogP) is 3.36. The molecular weight excluding hydrogens is 539 g/mol. The molecule has 0 atom stereocenters. The van der Waals surface area contributed by atoms with E-state index in [1.54, 1.807) is 14.2 Å².